The van der Waals surface area contributed by atoms with Crippen molar-refractivity contribution in [3.63, 3.8) is 0 Å². The molecule has 17 rings (SSSR count). The predicted octanol–water partition coefficient (Wildman–Crippen LogP) is 18.6. The number of rotatable bonds is 5. The van der Waals surface area contributed by atoms with E-state index < -0.39 is 10.8 Å². The fourth-order valence-electron chi connectivity index (χ4n) is 14.7. The topological polar surface area (TPSA) is 8.17 Å². The lowest BCUT2D eigenvalue weighted by atomic mass is 9.65. The summed E-state index contributed by atoms with van der Waals surface area (Å²) in [5, 5.41) is 2.57. The normalized spacial score (nSPS) is 15.3. The summed E-state index contributed by atoms with van der Waals surface area (Å²) in [7, 11) is 0. The van der Waals surface area contributed by atoms with Crippen molar-refractivity contribution in [1.82, 2.24) is 4.57 Å². The van der Waals surface area contributed by atoms with Crippen molar-refractivity contribution >= 4 is 38.9 Å². The summed E-state index contributed by atoms with van der Waals surface area (Å²) in [5.41, 5.74) is 29.3. The summed E-state index contributed by atoms with van der Waals surface area (Å²) >= 11 is 0. The van der Waals surface area contributed by atoms with Gasteiger partial charge in [-0.2, -0.15) is 0 Å². The minimum absolute atomic E-state index is 0.456. The second-order valence-corrected chi connectivity index (χ2v) is 21.0. The van der Waals surface area contributed by atoms with Crippen LogP contribution >= 0.6 is 0 Å². The second kappa shape index (κ2) is 15.4. The zero-order chi connectivity index (χ0) is 49.7. The van der Waals surface area contributed by atoms with Crippen LogP contribution in [0, 0.1) is 0 Å². The van der Waals surface area contributed by atoms with E-state index in [4.69, 9.17) is 0 Å². The maximum atomic E-state index is 2.52. The number of aromatic nitrogens is 1. The van der Waals surface area contributed by atoms with Crippen LogP contribution < -0.4 is 4.90 Å². The van der Waals surface area contributed by atoms with Gasteiger partial charge in [0.1, 0.15) is 0 Å². The van der Waals surface area contributed by atoms with Crippen molar-refractivity contribution in [2.45, 2.75) is 10.8 Å². The highest BCUT2D eigenvalue weighted by Crippen LogP contribution is 2.65. The van der Waals surface area contributed by atoms with E-state index in [1.807, 2.05) is 0 Å². The van der Waals surface area contributed by atoms with Gasteiger partial charge in [0, 0.05) is 27.7 Å². The van der Waals surface area contributed by atoms with Crippen molar-refractivity contribution in [2.24, 2.45) is 0 Å². The molecular formula is C74H46N2. The molecule has 0 fully saturated rings. The Morgan fingerprint density at radius 1 is 0.276 bits per heavy atom. The van der Waals surface area contributed by atoms with Crippen LogP contribution in [-0.4, -0.2) is 4.57 Å². The van der Waals surface area contributed by atoms with Crippen molar-refractivity contribution in [1.29, 1.82) is 0 Å². The van der Waals surface area contributed by atoms with Gasteiger partial charge in [0.05, 0.1) is 33.2 Å². The van der Waals surface area contributed by atoms with Crippen LogP contribution in [0.25, 0.3) is 83.1 Å². The van der Waals surface area contributed by atoms with E-state index in [1.54, 1.807) is 0 Å². The summed E-state index contributed by atoms with van der Waals surface area (Å²) in [4.78, 5) is 2.50. The van der Waals surface area contributed by atoms with Crippen LogP contribution in [0.2, 0.25) is 0 Å². The molecule has 0 saturated carbocycles. The summed E-state index contributed by atoms with van der Waals surface area (Å²) in [6.07, 6.45) is 0. The fraction of sp³-hybridized carbons (Fsp3) is 0.0270. The Labute approximate surface area is 441 Å². The number of nitrogens with zero attached hydrogens (tertiary/aromatic N) is 2. The lowest BCUT2D eigenvalue weighted by Crippen LogP contribution is -2.33. The van der Waals surface area contributed by atoms with E-state index in [-0.39, 0.29) is 0 Å². The zero-order valence-electron chi connectivity index (χ0n) is 41.5. The first-order valence-corrected chi connectivity index (χ1v) is 26.6. The molecule has 4 aliphatic rings. The first kappa shape index (κ1) is 41.7. The van der Waals surface area contributed by atoms with Crippen LogP contribution in [-0.2, 0) is 10.8 Å². The lowest BCUT2D eigenvalue weighted by molar-refractivity contribution is 0.749. The Kier molecular flexibility index (Phi) is 8.44. The molecule has 0 amide bonds. The quantitative estimate of drug-likeness (QED) is 0.167. The SMILES string of the molecule is c1ccc(-c2cccc(N(c3ccc(-c4ccc5c(c4)C4(c6ccccc6-5)c5ccccc5-n5c6ccccc6c6cccc4c65)cc3)c3cccc4c3-c3ccccc3C43c4ccccc4-c4ccccc43)c2)cc1. The molecule has 1 atom stereocenters. The molecule has 0 bridgehead atoms. The Bertz CT molecular complexity index is 4550. The molecule has 12 aromatic carbocycles. The molecule has 0 N–H and O–H groups in total. The molecule has 76 heavy (non-hydrogen) atoms. The van der Waals surface area contributed by atoms with Gasteiger partial charge in [-0.05, 0) is 143 Å². The highest BCUT2D eigenvalue weighted by molar-refractivity contribution is 6.13. The molecule has 13 aromatic rings. The molecule has 1 aromatic heterocycles. The lowest BCUT2D eigenvalue weighted by Gasteiger charge is -2.39. The summed E-state index contributed by atoms with van der Waals surface area (Å²) in [5.74, 6) is 0. The molecular weight excluding hydrogens is 917 g/mol. The number of benzene rings is 12. The van der Waals surface area contributed by atoms with Crippen molar-refractivity contribution in [3.8, 4) is 61.3 Å². The van der Waals surface area contributed by atoms with E-state index in [0.29, 0.717) is 0 Å². The first-order chi connectivity index (χ1) is 37.7. The van der Waals surface area contributed by atoms with Gasteiger partial charge in [-0.3, -0.25) is 0 Å². The fourth-order valence-corrected chi connectivity index (χ4v) is 14.7. The number of hydrogen-bond acceptors (Lipinski definition) is 1. The van der Waals surface area contributed by atoms with Gasteiger partial charge in [0.2, 0.25) is 0 Å². The Balaban J connectivity index is 0.865. The maximum Gasteiger partial charge on any atom is 0.0754 e. The van der Waals surface area contributed by atoms with E-state index in [2.05, 4.69) is 289 Å². The maximum absolute atomic E-state index is 2.52. The van der Waals surface area contributed by atoms with E-state index >= 15 is 0 Å². The van der Waals surface area contributed by atoms with Crippen molar-refractivity contribution in [2.75, 3.05) is 4.90 Å². The van der Waals surface area contributed by atoms with Crippen molar-refractivity contribution < 1.29 is 0 Å². The molecule has 1 unspecified atom stereocenters. The largest absolute Gasteiger partial charge is 0.310 e. The number of para-hydroxylation sites is 3. The highest BCUT2D eigenvalue weighted by Gasteiger charge is 2.53. The number of anilines is 3. The van der Waals surface area contributed by atoms with E-state index in [0.717, 1.165) is 17.1 Å². The third-order valence-electron chi connectivity index (χ3n) is 17.6. The van der Waals surface area contributed by atoms with Crippen LogP contribution in [0.5, 0.6) is 0 Å². The summed E-state index contributed by atoms with van der Waals surface area (Å²) in [6.45, 7) is 0. The molecule has 1 aliphatic heterocycles. The molecule has 2 heteroatoms. The molecule has 352 valence electrons. The second-order valence-electron chi connectivity index (χ2n) is 21.0. The summed E-state index contributed by atoms with van der Waals surface area (Å²) in [6, 6.07) is 105. The van der Waals surface area contributed by atoms with E-state index in [9.17, 15) is 0 Å². The minimum atomic E-state index is -0.523. The molecule has 2 spiro atoms. The van der Waals surface area contributed by atoms with Gasteiger partial charge in [-0.15, -0.1) is 0 Å². The van der Waals surface area contributed by atoms with Crippen LogP contribution in [0.15, 0.2) is 279 Å². The molecule has 2 nitrogen and oxygen atoms in total. The van der Waals surface area contributed by atoms with Crippen LogP contribution in [0.3, 0.4) is 0 Å². The van der Waals surface area contributed by atoms with Gasteiger partial charge in [-0.25, -0.2) is 0 Å². The standard InChI is InChI=1S/C74H46N2/c1-2-19-47(20-3-1)49-21-16-22-52(45-49)75(70-38-18-34-65-71(70)59-27-7-12-32-63(59)73(65)60-29-9-4-23-53(60)54-24-5-10-30-61(54)73)51-42-39-48(40-43-51)50-41-44-56-55-25-6-11-31-62(55)74(67(56)46-50)64-33-13-15-37-69(64)76-68-36-14-8-26-57(68)58-28-17-35-66(74)72(58)76/h1-46H. The van der Waals surface area contributed by atoms with Crippen LogP contribution in [0.4, 0.5) is 17.1 Å². The molecule has 0 saturated heterocycles. The smallest absolute Gasteiger partial charge is 0.0754 e. The van der Waals surface area contributed by atoms with E-state index in [1.165, 1.54) is 128 Å². The highest BCUT2D eigenvalue weighted by atomic mass is 15.1. The molecule has 2 heterocycles. The monoisotopic (exact) mass is 962 g/mol. The summed E-state index contributed by atoms with van der Waals surface area (Å²) < 4.78 is 2.52. The Hall–Kier alpha value is -9.76. The van der Waals surface area contributed by atoms with Gasteiger partial charge < -0.3 is 9.47 Å². The predicted molar refractivity (Wildman–Crippen MR) is 313 cm³/mol. The van der Waals surface area contributed by atoms with Gasteiger partial charge in [-0.1, -0.05) is 231 Å². The number of hydrogen-bond donors (Lipinski definition) is 0. The van der Waals surface area contributed by atoms with Gasteiger partial charge >= 0.3 is 0 Å². The first-order valence-electron chi connectivity index (χ1n) is 26.6. The molecule has 0 radical (unpaired) electrons. The average Bonchev–Trinajstić information content (AvgIpc) is 4.39. The zero-order valence-corrected chi connectivity index (χ0v) is 41.5. The third kappa shape index (κ3) is 5.25. The van der Waals surface area contributed by atoms with Gasteiger partial charge in [0.15, 0.2) is 0 Å². The average molecular weight is 963 g/mol. The van der Waals surface area contributed by atoms with Crippen molar-refractivity contribution in [3.05, 3.63) is 324 Å². The Morgan fingerprint density at radius 3 is 1.50 bits per heavy atom. The van der Waals surface area contributed by atoms with Gasteiger partial charge in [0.25, 0.3) is 0 Å². The third-order valence-corrected chi connectivity index (χ3v) is 17.6. The Morgan fingerprint density at radius 2 is 0.763 bits per heavy atom. The van der Waals surface area contributed by atoms with Crippen LogP contribution in [0.1, 0.15) is 44.5 Å². The number of fused-ring (bicyclic) bond motifs is 22. The molecule has 3 aliphatic carbocycles. The minimum Gasteiger partial charge on any atom is -0.310 e.